The maximum atomic E-state index is 12.3. The van der Waals surface area contributed by atoms with E-state index < -0.39 is 10.0 Å². The number of hydrogen-bond acceptors (Lipinski definition) is 4. The average Bonchev–Trinajstić information content (AvgIpc) is 2.40. The Morgan fingerprint density at radius 2 is 1.86 bits per heavy atom. The van der Waals surface area contributed by atoms with Crippen molar-refractivity contribution in [3.05, 3.63) is 28.2 Å². The van der Waals surface area contributed by atoms with E-state index in [2.05, 4.69) is 20.7 Å². The molecule has 0 aliphatic heterocycles. The Labute approximate surface area is 139 Å². The third-order valence-electron chi connectivity index (χ3n) is 3.40. The topological polar surface area (TPSA) is 96.0 Å². The van der Waals surface area contributed by atoms with Gasteiger partial charge in [0.2, 0.25) is 10.0 Å². The summed E-state index contributed by atoms with van der Waals surface area (Å²) in [5, 5.41) is 8.90. The summed E-state index contributed by atoms with van der Waals surface area (Å²) in [6, 6.07) is 6.50. The molecule has 3 N–H and O–H groups in total. The van der Waals surface area contributed by atoms with Crippen LogP contribution < -0.4 is 10.5 Å². The summed E-state index contributed by atoms with van der Waals surface area (Å²) in [6.45, 7) is 0. The highest BCUT2D eigenvalue weighted by molar-refractivity contribution is 9.10. The Balaban J connectivity index is 0.00000220. The summed E-state index contributed by atoms with van der Waals surface area (Å²) in [5.74, 6) is 0. The maximum absolute atomic E-state index is 12.3. The molecule has 0 spiro atoms. The van der Waals surface area contributed by atoms with Gasteiger partial charge in [0.1, 0.15) is 0 Å². The van der Waals surface area contributed by atoms with Gasteiger partial charge in [-0.2, -0.15) is 5.26 Å². The van der Waals surface area contributed by atoms with Gasteiger partial charge in [-0.3, -0.25) is 0 Å². The highest BCUT2D eigenvalue weighted by atomic mass is 79.9. The molecular formula is C13H17BrClN3O2S. The molecule has 0 bridgehead atoms. The zero-order valence-corrected chi connectivity index (χ0v) is 14.5. The normalized spacial score (nSPS) is 22.1. The minimum absolute atomic E-state index is 0. The van der Waals surface area contributed by atoms with Crippen molar-refractivity contribution < 1.29 is 8.42 Å². The summed E-state index contributed by atoms with van der Waals surface area (Å²) >= 11 is 3.22. The van der Waals surface area contributed by atoms with Crippen LogP contribution in [0.4, 0.5) is 0 Å². The first-order chi connectivity index (χ1) is 9.40. The van der Waals surface area contributed by atoms with Gasteiger partial charge in [0.15, 0.2) is 0 Å². The number of nitrogens with two attached hydrogens (primary N) is 1. The van der Waals surface area contributed by atoms with Gasteiger partial charge in [0, 0.05) is 16.6 Å². The monoisotopic (exact) mass is 393 g/mol. The van der Waals surface area contributed by atoms with Gasteiger partial charge in [-0.15, -0.1) is 12.4 Å². The molecule has 1 saturated carbocycles. The molecule has 0 heterocycles. The minimum Gasteiger partial charge on any atom is -0.328 e. The van der Waals surface area contributed by atoms with Gasteiger partial charge in [0.05, 0.1) is 16.5 Å². The van der Waals surface area contributed by atoms with Crippen LogP contribution in [0.3, 0.4) is 0 Å². The van der Waals surface area contributed by atoms with Crippen molar-refractivity contribution in [2.45, 2.75) is 42.7 Å². The van der Waals surface area contributed by atoms with Crippen molar-refractivity contribution in [1.29, 1.82) is 5.26 Å². The first-order valence-electron chi connectivity index (χ1n) is 6.39. The second-order valence-corrected chi connectivity index (χ2v) is 7.65. The van der Waals surface area contributed by atoms with Crippen molar-refractivity contribution in [3.8, 4) is 6.07 Å². The van der Waals surface area contributed by atoms with Crippen molar-refractivity contribution in [2.24, 2.45) is 5.73 Å². The summed E-state index contributed by atoms with van der Waals surface area (Å²) in [6.07, 6.45) is 3.16. The lowest BCUT2D eigenvalue weighted by molar-refractivity contribution is 0.373. The Hall–Kier alpha value is -0.650. The van der Waals surface area contributed by atoms with E-state index in [0.717, 1.165) is 25.7 Å². The SMILES string of the molecule is Cl.N#Cc1cc(Br)cc(S(=O)(=O)NC2CCC(N)CC2)c1. The predicted molar refractivity (Wildman–Crippen MR) is 86.7 cm³/mol. The Bertz CT molecular complexity index is 637. The molecule has 0 unspecified atom stereocenters. The highest BCUT2D eigenvalue weighted by Crippen LogP contribution is 2.22. The van der Waals surface area contributed by atoms with Crippen LogP contribution in [0.1, 0.15) is 31.2 Å². The van der Waals surface area contributed by atoms with Crippen molar-refractivity contribution in [1.82, 2.24) is 4.72 Å². The molecule has 1 aliphatic rings. The van der Waals surface area contributed by atoms with Crippen LogP contribution in [0.2, 0.25) is 0 Å². The lowest BCUT2D eigenvalue weighted by atomic mass is 9.93. The van der Waals surface area contributed by atoms with E-state index in [4.69, 9.17) is 11.0 Å². The van der Waals surface area contributed by atoms with Gasteiger partial charge in [-0.1, -0.05) is 15.9 Å². The quantitative estimate of drug-likeness (QED) is 0.822. The van der Waals surface area contributed by atoms with Crippen LogP contribution in [-0.2, 0) is 10.0 Å². The summed E-state index contributed by atoms with van der Waals surface area (Å²) in [7, 11) is -3.60. The predicted octanol–water partition coefficient (Wildman–Crippen LogP) is 2.29. The number of nitrogens with one attached hydrogen (secondary N) is 1. The van der Waals surface area contributed by atoms with Gasteiger partial charge >= 0.3 is 0 Å². The molecule has 0 atom stereocenters. The summed E-state index contributed by atoms with van der Waals surface area (Å²) < 4.78 is 27.9. The van der Waals surface area contributed by atoms with Crippen LogP contribution in [0.15, 0.2) is 27.6 Å². The van der Waals surface area contributed by atoms with Gasteiger partial charge in [-0.05, 0) is 43.9 Å². The number of benzene rings is 1. The maximum Gasteiger partial charge on any atom is 0.240 e. The molecule has 8 heteroatoms. The third-order valence-corrected chi connectivity index (χ3v) is 5.36. The fourth-order valence-corrected chi connectivity index (χ4v) is 4.33. The second kappa shape index (κ2) is 7.56. The Morgan fingerprint density at radius 1 is 1.24 bits per heavy atom. The Kier molecular flexibility index (Phi) is 6.63. The van der Waals surface area contributed by atoms with Crippen LogP contribution >= 0.6 is 28.3 Å². The molecule has 0 aromatic heterocycles. The van der Waals surface area contributed by atoms with Crippen LogP contribution in [0, 0.1) is 11.3 Å². The first kappa shape index (κ1) is 18.4. The summed E-state index contributed by atoms with van der Waals surface area (Å²) in [5.41, 5.74) is 6.12. The number of rotatable bonds is 3. The number of hydrogen-bond donors (Lipinski definition) is 2. The molecule has 21 heavy (non-hydrogen) atoms. The van der Waals surface area contributed by atoms with Crippen LogP contribution in [0.5, 0.6) is 0 Å². The molecule has 116 valence electrons. The van der Waals surface area contributed by atoms with E-state index in [1.54, 1.807) is 6.07 Å². The van der Waals surface area contributed by atoms with Crippen molar-refractivity contribution in [2.75, 3.05) is 0 Å². The van der Waals surface area contributed by atoms with E-state index >= 15 is 0 Å². The zero-order valence-electron chi connectivity index (χ0n) is 11.3. The standard InChI is InChI=1S/C13H16BrN3O2S.ClH/c14-10-5-9(8-15)6-13(7-10)20(18,19)17-12-3-1-11(16)2-4-12;/h5-7,11-12,17H,1-4,16H2;1H. The Morgan fingerprint density at radius 3 is 2.43 bits per heavy atom. The number of sulfonamides is 1. The smallest absolute Gasteiger partial charge is 0.240 e. The molecular weight excluding hydrogens is 378 g/mol. The second-order valence-electron chi connectivity index (χ2n) is 5.02. The average molecular weight is 395 g/mol. The molecule has 1 aromatic rings. The molecule has 2 rings (SSSR count). The number of halogens is 2. The van der Waals surface area contributed by atoms with Gasteiger partial charge in [0.25, 0.3) is 0 Å². The number of nitrogens with zero attached hydrogens (tertiary/aromatic N) is 1. The fourth-order valence-electron chi connectivity index (χ4n) is 2.31. The highest BCUT2D eigenvalue weighted by Gasteiger charge is 2.24. The van der Waals surface area contributed by atoms with E-state index in [1.807, 2.05) is 6.07 Å². The van der Waals surface area contributed by atoms with Crippen LogP contribution in [-0.4, -0.2) is 20.5 Å². The van der Waals surface area contributed by atoms with Crippen LogP contribution in [0.25, 0.3) is 0 Å². The molecule has 0 amide bonds. The van der Waals surface area contributed by atoms with Crippen molar-refractivity contribution >= 4 is 38.4 Å². The van der Waals surface area contributed by atoms with E-state index in [-0.39, 0.29) is 29.4 Å². The molecule has 1 aliphatic carbocycles. The minimum atomic E-state index is -3.60. The summed E-state index contributed by atoms with van der Waals surface area (Å²) in [4.78, 5) is 0.110. The van der Waals surface area contributed by atoms with Gasteiger partial charge < -0.3 is 5.73 Å². The molecule has 5 nitrogen and oxygen atoms in total. The van der Waals surface area contributed by atoms with Crippen molar-refractivity contribution in [3.63, 3.8) is 0 Å². The molecule has 1 aromatic carbocycles. The largest absolute Gasteiger partial charge is 0.328 e. The molecule has 1 fully saturated rings. The zero-order chi connectivity index (χ0) is 14.8. The lowest BCUT2D eigenvalue weighted by Crippen LogP contribution is -2.40. The molecule has 0 radical (unpaired) electrons. The third kappa shape index (κ3) is 4.94. The van der Waals surface area contributed by atoms with Gasteiger partial charge in [-0.25, -0.2) is 13.1 Å². The molecule has 0 saturated heterocycles. The fraction of sp³-hybridized carbons (Fsp3) is 0.462. The number of nitriles is 1. The first-order valence-corrected chi connectivity index (χ1v) is 8.67. The van der Waals surface area contributed by atoms with E-state index in [1.165, 1.54) is 12.1 Å². The lowest BCUT2D eigenvalue weighted by Gasteiger charge is -2.26. The van der Waals surface area contributed by atoms with E-state index in [9.17, 15) is 8.42 Å². The van der Waals surface area contributed by atoms with E-state index in [0.29, 0.717) is 10.0 Å².